The second-order valence-corrected chi connectivity index (χ2v) is 9.05. The Labute approximate surface area is 220 Å². The number of hydrogen-bond donors (Lipinski definition) is 4. The lowest BCUT2D eigenvalue weighted by molar-refractivity contribution is -0.146. The van der Waals surface area contributed by atoms with Crippen molar-refractivity contribution >= 4 is 18.0 Å². The van der Waals surface area contributed by atoms with Gasteiger partial charge in [-0.2, -0.15) is 0 Å². The van der Waals surface area contributed by atoms with Crippen molar-refractivity contribution in [1.29, 1.82) is 0 Å². The Morgan fingerprint density at radius 2 is 1.47 bits per heavy atom. The summed E-state index contributed by atoms with van der Waals surface area (Å²) in [6.07, 6.45) is -3.40. The third-order valence-electron chi connectivity index (χ3n) is 6.48. The average molecular weight is 519 g/mol. The van der Waals surface area contributed by atoms with Gasteiger partial charge in [-0.3, -0.25) is 4.79 Å². The van der Waals surface area contributed by atoms with Crippen LogP contribution in [0.5, 0.6) is 0 Å². The van der Waals surface area contributed by atoms with Crippen LogP contribution in [0, 0.1) is 0 Å². The van der Waals surface area contributed by atoms with E-state index in [9.17, 15) is 19.5 Å². The van der Waals surface area contributed by atoms with Crippen LogP contribution in [0.4, 0.5) is 4.79 Å². The van der Waals surface area contributed by atoms with Gasteiger partial charge in [-0.05, 0) is 34.7 Å². The third-order valence-corrected chi connectivity index (χ3v) is 6.48. The van der Waals surface area contributed by atoms with Gasteiger partial charge in [0.15, 0.2) is 6.10 Å². The van der Waals surface area contributed by atoms with Gasteiger partial charge < -0.3 is 30.3 Å². The van der Waals surface area contributed by atoms with Gasteiger partial charge in [0.2, 0.25) is 5.91 Å². The first-order valence-electron chi connectivity index (χ1n) is 12.3. The van der Waals surface area contributed by atoms with Gasteiger partial charge in [-0.15, -0.1) is 0 Å². The highest BCUT2D eigenvalue weighted by molar-refractivity contribution is 5.87. The molecule has 198 valence electrons. The summed E-state index contributed by atoms with van der Waals surface area (Å²) in [6.45, 7) is 1.34. The van der Waals surface area contributed by atoms with Crippen LogP contribution in [-0.2, 0) is 25.7 Å². The fraction of sp³-hybridized carbons (Fsp3) is 0.276. The Morgan fingerprint density at radius 3 is 2.08 bits per heavy atom. The molecule has 2 amide bonds. The van der Waals surface area contributed by atoms with Crippen molar-refractivity contribution in [2.45, 2.75) is 37.7 Å². The van der Waals surface area contributed by atoms with E-state index in [4.69, 9.17) is 14.6 Å². The summed E-state index contributed by atoms with van der Waals surface area (Å²) < 4.78 is 11.4. The Morgan fingerprint density at radius 1 is 0.895 bits per heavy atom. The lowest BCUT2D eigenvalue weighted by Gasteiger charge is -2.25. The van der Waals surface area contributed by atoms with Gasteiger partial charge in [0, 0.05) is 5.92 Å². The summed E-state index contributed by atoms with van der Waals surface area (Å²) >= 11 is 0. The van der Waals surface area contributed by atoms with E-state index in [1.54, 1.807) is 6.92 Å². The Balaban J connectivity index is 1.42. The van der Waals surface area contributed by atoms with Crippen LogP contribution in [0.25, 0.3) is 11.1 Å². The van der Waals surface area contributed by atoms with E-state index in [2.05, 4.69) is 10.6 Å². The molecule has 0 saturated heterocycles. The fourth-order valence-electron chi connectivity index (χ4n) is 4.46. The van der Waals surface area contributed by atoms with Crippen LogP contribution in [0.15, 0.2) is 78.9 Å². The van der Waals surface area contributed by atoms with Gasteiger partial charge in [-0.25, -0.2) is 9.59 Å². The lowest BCUT2D eigenvalue weighted by atomic mass is 9.98. The molecular formula is C29H30N2O7. The maximum absolute atomic E-state index is 12.9. The molecule has 9 heteroatoms. The number of fused-ring (bicyclic) bond motifs is 3. The molecule has 9 nitrogen and oxygen atoms in total. The number of rotatable bonds is 11. The van der Waals surface area contributed by atoms with E-state index in [1.807, 2.05) is 78.9 Å². The van der Waals surface area contributed by atoms with Crippen LogP contribution < -0.4 is 10.6 Å². The zero-order valence-electron chi connectivity index (χ0n) is 20.9. The minimum absolute atomic E-state index is 0.0607. The lowest BCUT2D eigenvalue weighted by Crippen LogP contribution is -2.54. The van der Waals surface area contributed by atoms with E-state index in [0.29, 0.717) is 0 Å². The number of amides is 2. The second kappa shape index (κ2) is 12.4. The molecule has 0 fully saturated rings. The van der Waals surface area contributed by atoms with Gasteiger partial charge >= 0.3 is 12.1 Å². The Hall–Kier alpha value is -4.21. The van der Waals surface area contributed by atoms with E-state index in [1.165, 1.54) is 0 Å². The molecule has 0 bridgehead atoms. The molecule has 0 spiro atoms. The third kappa shape index (κ3) is 6.37. The number of alkyl carbamates (subject to hydrolysis) is 1. The van der Waals surface area contributed by atoms with E-state index in [0.717, 1.165) is 27.8 Å². The largest absolute Gasteiger partial charge is 0.479 e. The molecule has 3 atom stereocenters. The van der Waals surface area contributed by atoms with Crippen LogP contribution in [0.3, 0.4) is 0 Å². The number of aliphatic hydroxyl groups is 1. The van der Waals surface area contributed by atoms with Gasteiger partial charge in [0.05, 0.1) is 19.3 Å². The number of ether oxygens (including phenoxy) is 2. The van der Waals surface area contributed by atoms with Crippen LogP contribution in [-0.4, -0.2) is 59.6 Å². The first kappa shape index (κ1) is 26.8. The monoisotopic (exact) mass is 518 g/mol. The quantitative estimate of drug-likeness (QED) is 0.307. The summed E-state index contributed by atoms with van der Waals surface area (Å²) in [4.78, 5) is 36.7. The van der Waals surface area contributed by atoms with Crippen molar-refractivity contribution in [1.82, 2.24) is 10.6 Å². The summed E-state index contributed by atoms with van der Waals surface area (Å²) in [7, 11) is 0. The van der Waals surface area contributed by atoms with Crippen LogP contribution in [0.2, 0.25) is 0 Å². The maximum atomic E-state index is 12.9. The molecule has 0 heterocycles. The number of nitrogens with one attached hydrogen (secondary N) is 2. The molecule has 4 N–H and O–H groups in total. The number of carbonyl (C=O) groups is 3. The number of aliphatic carboxylic acids is 1. The second-order valence-electron chi connectivity index (χ2n) is 9.05. The molecule has 0 aliphatic heterocycles. The predicted octanol–water partition coefficient (Wildman–Crippen LogP) is 3.06. The highest BCUT2D eigenvalue weighted by atomic mass is 16.5. The normalized spacial score (nSPS) is 14.5. The van der Waals surface area contributed by atoms with E-state index < -0.39 is 42.8 Å². The molecule has 38 heavy (non-hydrogen) atoms. The summed E-state index contributed by atoms with van der Waals surface area (Å²) in [6, 6.07) is 24.0. The minimum atomic E-state index is -1.78. The smallest absolute Gasteiger partial charge is 0.407 e. The molecule has 0 saturated carbocycles. The average Bonchev–Trinajstić information content (AvgIpc) is 3.26. The first-order valence-corrected chi connectivity index (χ1v) is 12.3. The maximum Gasteiger partial charge on any atom is 0.407 e. The summed E-state index contributed by atoms with van der Waals surface area (Å²) in [5.74, 6) is -2.34. The fourth-order valence-corrected chi connectivity index (χ4v) is 4.46. The highest BCUT2D eigenvalue weighted by Crippen LogP contribution is 2.44. The van der Waals surface area contributed by atoms with Crippen LogP contribution >= 0.6 is 0 Å². The van der Waals surface area contributed by atoms with Crippen molar-refractivity contribution in [2.75, 3.05) is 13.2 Å². The zero-order chi connectivity index (χ0) is 27.1. The number of carbonyl (C=O) groups excluding carboxylic acids is 2. The Bertz CT molecular complexity index is 1240. The van der Waals surface area contributed by atoms with Crippen molar-refractivity contribution in [3.05, 3.63) is 95.6 Å². The molecule has 0 radical (unpaired) electrons. The van der Waals surface area contributed by atoms with E-state index >= 15 is 0 Å². The molecular weight excluding hydrogens is 488 g/mol. The van der Waals surface area contributed by atoms with Gasteiger partial charge in [0.1, 0.15) is 12.6 Å². The first-order chi connectivity index (χ1) is 18.3. The Kier molecular flexibility index (Phi) is 8.73. The number of hydrogen-bond acceptors (Lipinski definition) is 6. The minimum Gasteiger partial charge on any atom is -0.479 e. The topological polar surface area (TPSA) is 134 Å². The molecule has 1 unspecified atom stereocenters. The standard InChI is InChI=1S/C29H30N2O7/c1-18(37-16-19-9-3-2-4-10-19)26(27(33)30-15-25(32)28(34)35)31-29(36)38-17-24-22-13-7-5-11-20(22)21-12-6-8-14-23(21)24/h2-14,18,24-26,32H,15-17H2,1H3,(H,30,33)(H,31,36)(H,34,35)/t18-,25?,26+/m0/s1. The predicted molar refractivity (Wildman–Crippen MR) is 139 cm³/mol. The van der Waals surface area contributed by atoms with E-state index in [-0.39, 0.29) is 19.1 Å². The molecule has 1 aliphatic carbocycles. The highest BCUT2D eigenvalue weighted by Gasteiger charge is 2.32. The van der Waals surface area contributed by atoms with Crippen LogP contribution in [0.1, 0.15) is 29.5 Å². The number of carboxylic acids is 1. The SMILES string of the molecule is C[C@H](OCc1ccccc1)[C@@H](NC(=O)OCC1c2ccccc2-c2ccccc21)C(=O)NCC(O)C(=O)O. The van der Waals surface area contributed by atoms with Crippen molar-refractivity contribution < 1.29 is 34.1 Å². The molecule has 4 rings (SSSR count). The van der Waals surface area contributed by atoms with Crippen molar-refractivity contribution in [2.24, 2.45) is 0 Å². The van der Waals surface area contributed by atoms with Crippen molar-refractivity contribution in [3.63, 3.8) is 0 Å². The molecule has 3 aromatic rings. The molecule has 3 aromatic carbocycles. The zero-order valence-corrected chi connectivity index (χ0v) is 20.9. The summed E-state index contributed by atoms with van der Waals surface area (Å²) in [5, 5.41) is 23.3. The molecule has 0 aromatic heterocycles. The van der Waals surface area contributed by atoms with Gasteiger partial charge in [0.25, 0.3) is 0 Å². The van der Waals surface area contributed by atoms with Crippen molar-refractivity contribution in [3.8, 4) is 11.1 Å². The summed E-state index contributed by atoms with van der Waals surface area (Å²) in [5.41, 5.74) is 5.17. The molecule has 1 aliphatic rings. The number of benzene rings is 3. The number of carboxylic acid groups (broad SMARTS) is 1. The van der Waals surface area contributed by atoms with Gasteiger partial charge in [-0.1, -0.05) is 78.9 Å². The number of aliphatic hydroxyl groups excluding tert-OH is 1.